The van der Waals surface area contributed by atoms with Crippen LogP contribution in [-0.2, 0) is 14.4 Å². The third-order valence-electron chi connectivity index (χ3n) is 4.29. The number of allylic oxidation sites excluding steroid dienone is 2. The van der Waals surface area contributed by atoms with Crippen LogP contribution >= 0.6 is 0 Å². The van der Waals surface area contributed by atoms with Crippen molar-refractivity contribution in [2.24, 2.45) is 17.8 Å². The third kappa shape index (κ3) is 2.76. The molecule has 1 saturated heterocycles. The maximum atomic E-state index is 12.2. The van der Waals surface area contributed by atoms with E-state index in [2.05, 4.69) is 5.32 Å². The predicted octanol–water partition coefficient (Wildman–Crippen LogP) is 1.10. The van der Waals surface area contributed by atoms with E-state index in [1.807, 2.05) is 32.9 Å². The lowest BCUT2D eigenvalue weighted by Gasteiger charge is -2.20. The Bertz CT molecular complexity index is 430. The first-order valence-corrected chi connectivity index (χ1v) is 7.21. The van der Waals surface area contributed by atoms with Gasteiger partial charge in [-0.3, -0.25) is 19.3 Å². The van der Waals surface area contributed by atoms with Crippen LogP contribution in [0.3, 0.4) is 0 Å². The molecule has 5 nitrogen and oxygen atoms in total. The van der Waals surface area contributed by atoms with Gasteiger partial charge in [0.05, 0.1) is 11.8 Å². The van der Waals surface area contributed by atoms with Crippen molar-refractivity contribution in [1.29, 1.82) is 0 Å². The summed E-state index contributed by atoms with van der Waals surface area (Å²) >= 11 is 0. The number of amides is 3. The molecule has 2 aliphatic rings. The zero-order valence-electron chi connectivity index (χ0n) is 12.3. The lowest BCUT2D eigenvalue weighted by atomic mass is 9.85. The Morgan fingerprint density at radius 2 is 1.70 bits per heavy atom. The Kier molecular flexibility index (Phi) is 4.26. The number of hydrogen-bond acceptors (Lipinski definition) is 3. The van der Waals surface area contributed by atoms with Crippen molar-refractivity contribution in [1.82, 2.24) is 10.2 Å². The molecule has 3 amide bonds. The molecule has 0 unspecified atom stereocenters. The smallest absolute Gasteiger partial charge is 0.240 e. The van der Waals surface area contributed by atoms with Crippen LogP contribution in [0.25, 0.3) is 0 Å². The largest absolute Gasteiger partial charge is 0.352 e. The molecule has 1 aliphatic carbocycles. The predicted molar refractivity (Wildman–Crippen MR) is 74.5 cm³/mol. The molecule has 110 valence electrons. The van der Waals surface area contributed by atoms with Crippen molar-refractivity contribution in [2.75, 3.05) is 6.54 Å². The highest BCUT2D eigenvalue weighted by Crippen LogP contribution is 2.34. The van der Waals surface area contributed by atoms with Gasteiger partial charge in [-0.1, -0.05) is 26.0 Å². The van der Waals surface area contributed by atoms with E-state index in [9.17, 15) is 14.4 Å². The number of likely N-dealkylation sites (tertiary alicyclic amines) is 1. The summed E-state index contributed by atoms with van der Waals surface area (Å²) in [7, 11) is 0. The summed E-state index contributed by atoms with van der Waals surface area (Å²) in [6.45, 7) is 5.79. The molecule has 0 bridgehead atoms. The number of imide groups is 1. The molecule has 3 atom stereocenters. The van der Waals surface area contributed by atoms with Gasteiger partial charge in [-0.2, -0.15) is 0 Å². The van der Waals surface area contributed by atoms with E-state index in [0.29, 0.717) is 18.8 Å². The molecule has 1 heterocycles. The summed E-state index contributed by atoms with van der Waals surface area (Å²) in [6.07, 6.45) is 5.10. The number of nitrogens with zero attached hydrogens (tertiary/aromatic N) is 1. The number of rotatable bonds is 4. The number of fused-ring (bicyclic) bond motifs is 1. The second-order valence-corrected chi connectivity index (χ2v) is 6.02. The normalized spacial score (nSPS) is 26.9. The van der Waals surface area contributed by atoms with Crippen LogP contribution in [0.15, 0.2) is 12.2 Å². The molecule has 0 aromatic heterocycles. The fourth-order valence-corrected chi connectivity index (χ4v) is 2.63. The standard InChI is InChI=1S/C15H22N2O3/c1-9(2)10(3)16-13(18)8-17-14(19)11-6-4-5-7-12(11)15(17)20/h4-5,9-12H,6-8H2,1-3H3,(H,16,18)/t10-,11+,12+/m1/s1. The average Bonchev–Trinajstić information content (AvgIpc) is 2.64. The lowest BCUT2D eigenvalue weighted by molar-refractivity contribution is -0.143. The van der Waals surface area contributed by atoms with Gasteiger partial charge in [0, 0.05) is 6.04 Å². The Morgan fingerprint density at radius 1 is 1.20 bits per heavy atom. The van der Waals surface area contributed by atoms with E-state index in [0.717, 1.165) is 4.90 Å². The SMILES string of the molecule is CC(C)[C@@H](C)NC(=O)CN1C(=O)[C@H]2CC=CC[C@@H]2C1=O. The average molecular weight is 278 g/mol. The van der Waals surface area contributed by atoms with Crippen molar-refractivity contribution >= 4 is 17.7 Å². The van der Waals surface area contributed by atoms with Crippen LogP contribution in [0, 0.1) is 17.8 Å². The molecule has 20 heavy (non-hydrogen) atoms. The Labute approximate surface area is 119 Å². The summed E-state index contributed by atoms with van der Waals surface area (Å²) in [4.78, 5) is 37.5. The van der Waals surface area contributed by atoms with Crippen LogP contribution < -0.4 is 5.32 Å². The topological polar surface area (TPSA) is 66.5 Å². The zero-order chi connectivity index (χ0) is 14.9. The summed E-state index contributed by atoms with van der Waals surface area (Å²) in [5.74, 6) is -0.866. The highest BCUT2D eigenvalue weighted by molar-refractivity contribution is 6.07. The fraction of sp³-hybridized carbons (Fsp3) is 0.667. The van der Waals surface area contributed by atoms with Crippen molar-refractivity contribution in [3.8, 4) is 0 Å². The maximum Gasteiger partial charge on any atom is 0.240 e. The Balaban J connectivity index is 1.98. The first-order chi connectivity index (χ1) is 9.41. The summed E-state index contributed by atoms with van der Waals surface area (Å²) < 4.78 is 0. The molecule has 2 rings (SSSR count). The van der Waals surface area contributed by atoms with Gasteiger partial charge in [0.1, 0.15) is 6.54 Å². The first kappa shape index (κ1) is 14.8. The monoisotopic (exact) mass is 278 g/mol. The summed E-state index contributed by atoms with van der Waals surface area (Å²) in [6, 6.07) is 0.0271. The van der Waals surface area contributed by atoms with Gasteiger partial charge >= 0.3 is 0 Å². The first-order valence-electron chi connectivity index (χ1n) is 7.21. The summed E-state index contributed by atoms with van der Waals surface area (Å²) in [5.41, 5.74) is 0. The highest BCUT2D eigenvalue weighted by Gasteiger charge is 2.47. The van der Waals surface area contributed by atoms with Crippen molar-refractivity contribution in [2.45, 2.75) is 39.7 Å². The van der Waals surface area contributed by atoms with E-state index in [4.69, 9.17) is 0 Å². The molecular weight excluding hydrogens is 256 g/mol. The molecule has 0 saturated carbocycles. The van der Waals surface area contributed by atoms with Gasteiger partial charge in [0.25, 0.3) is 0 Å². The Hall–Kier alpha value is -1.65. The third-order valence-corrected chi connectivity index (χ3v) is 4.29. The second-order valence-electron chi connectivity index (χ2n) is 6.02. The number of carbonyl (C=O) groups excluding carboxylic acids is 3. The molecule has 0 spiro atoms. The summed E-state index contributed by atoms with van der Waals surface area (Å²) in [5, 5.41) is 2.83. The van der Waals surface area contributed by atoms with Gasteiger partial charge in [0.15, 0.2) is 0 Å². The van der Waals surface area contributed by atoms with Gasteiger partial charge in [0.2, 0.25) is 17.7 Å². The van der Waals surface area contributed by atoms with Gasteiger partial charge in [-0.25, -0.2) is 0 Å². The van der Waals surface area contributed by atoms with Gasteiger partial charge in [-0.05, 0) is 25.7 Å². The van der Waals surface area contributed by atoms with Crippen LogP contribution in [0.1, 0.15) is 33.6 Å². The molecule has 0 radical (unpaired) electrons. The van der Waals surface area contributed by atoms with Gasteiger partial charge in [-0.15, -0.1) is 0 Å². The molecule has 1 aliphatic heterocycles. The van der Waals surface area contributed by atoms with E-state index >= 15 is 0 Å². The Morgan fingerprint density at radius 3 is 2.15 bits per heavy atom. The van der Waals surface area contributed by atoms with Gasteiger partial charge < -0.3 is 5.32 Å². The lowest BCUT2D eigenvalue weighted by Crippen LogP contribution is -2.45. The minimum atomic E-state index is -0.264. The minimum absolute atomic E-state index is 0.0271. The van der Waals surface area contributed by atoms with Crippen molar-refractivity contribution in [3.63, 3.8) is 0 Å². The second kappa shape index (κ2) is 5.77. The zero-order valence-corrected chi connectivity index (χ0v) is 12.3. The van der Waals surface area contributed by atoms with E-state index in [-0.39, 0.29) is 42.1 Å². The molecular formula is C15H22N2O3. The van der Waals surface area contributed by atoms with Crippen LogP contribution in [-0.4, -0.2) is 35.2 Å². The quantitative estimate of drug-likeness (QED) is 0.618. The molecule has 1 fully saturated rings. The minimum Gasteiger partial charge on any atom is -0.352 e. The van der Waals surface area contributed by atoms with E-state index in [1.54, 1.807) is 0 Å². The van der Waals surface area contributed by atoms with E-state index < -0.39 is 0 Å². The molecule has 0 aromatic rings. The maximum absolute atomic E-state index is 12.2. The molecule has 5 heteroatoms. The van der Waals surface area contributed by atoms with Crippen LogP contribution in [0.2, 0.25) is 0 Å². The molecule has 1 N–H and O–H groups in total. The fourth-order valence-electron chi connectivity index (χ4n) is 2.63. The number of nitrogens with one attached hydrogen (secondary N) is 1. The number of carbonyl (C=O) groups is 3. The van der Waals surface area contributed by atoms with Crippen molar-refractivity contribution in [3.05, 3.63) is 12.2 Å². The molecule has 0 aromatic carbocycles. The van der Waals surface area contributed by atoms with Crippen LogP contribution in [0.5, 0.6) is 0 Å². The van der Waals surface area contributed by atoms with E-state index in [1.165, 1.54) is 0 Å². The highest BCUT2D eigenvalue weighted by atomic mass is 16.2. The van der Waals surface area contributed by atoms with Crippen LogP contribution in [0.4, 0.5) is 0 Å². The van der Waals surface area contributed by atoms with Crippen molar-refractivity contribution < 1.29 is 14.4 Å². The number of hydrogen-bond donors (Lipinski definition) is 1.